The van der Waals surface area contributed by atoms with E-state index in [1.165, 1.54) is 51.3 Å². The molecule has 0 atom stereocenters. The van der Waals surface area contributed by atoms with Crippen LogP contribution >= 0.6 is 0 Å². The number of para-hydroxylation sites is 2. The summed E-state index contributed by atoms with van der Waals surface area (Å²) >= 11 is 0. The quantitative estimate of drug-likeness (QED) is 0.132. The van der Waals surface area contributed by atoms with Crippen molar-refractivity contribution >= 4 is 43.7 Å². The smallest absolute Gasteiger partial charge is 0.164 e. The average molecular weight is 753 g/mol. The number of rotatable bonds is 11. The zero-order valence-corrected chi connectivity index (χ0v) is 33.0. The molecule has 10 rings (SSSR count). The van der Waals surface area contributed by atoms with Gasteiger partial charge < -0.3 is 8.98 Å². The second-order valence-corrected chi connectivity index (χ2v) is 15.3. The van der Waals surface area contributed by atoms with Crippen LogP contribution in [0.5, 0.6) is 0 Å². The topological polar surface area (TPSA) is 56.7 Å². The molecule has 5 heteroatoms. The third kappa shape index (κ3) is 6.53. The number of furan rings is 1. The van der Waals surface area contributed by atoms with Gasteiger partial charge in [0.05, 0.1) is 11.0 Å². The predicted octanol–water partition coefficient (Wildman–Crippen LogP) is 14.2. The van der Waals surface area contributed by atoms with Crippen LogP contribution in [0.1, 0.15) is 50.7 Å². The van der Waals surface area contributed by atoms with Gasteiger partial charge in [0, 0.05) is 43.9 Å². The highest BCUT2D eigenvalue weighted by atomic mass is 16.3. The molecule has 0 unspecified atom stereocenters. The van der Waals surface area contributed by atoms with Crippen LogP contribution in [0.2, 0.25) is 0 Å². The van der Waals surface area contributed by atoms with E-state index in [1.54, 1.807) is 0 Å². The molecule has 0 aliphatic carbocycles. The van der Waals surface area contributed by atoms with Gasteiger partial charge in [0.15, 0.2) is 17.5 Å². The summed E-state index contributed by atoms with van der Waals surface area (Å²) in [5.41, 5.74) is 13.1. The van der Waals surface area contributed by atoms with Crippen LogP contribution in [0.3, 0.4) is 0 Å². The predicted molar refractivity (Wildman–Crippen MR) is 240 cm³/mol. The molecule has 58 heavy (non-hydrogen) atoms. The van der Waals surface area contributed by atoms with Crippen LogP contribution in [-0.4, -0.2) is 19.5 Å². The fourth-order valence-electron chi connectivity index (χ4n) is 8.39. The van der Waals surface area contributed by atoms with E-state index < -0.39 is 0 Å². The highest BCUT2D eigenvalue weighted by Gasteiger charge is 2.19. The van der Waals surface area contributed by atoms with E-state index >= 15 is 0 Å². The van der Waals surface area contributed by atoms with Gasteiger partial charge in [0.2, 0.25) is 0 Å². The van der Waals surface area contributed by atoms with Crippen molar-refractivity contribution < 1.29 is 4.42 Å². The van der Waals surface area contributed by atoms with Crippen molar-refractivity contribution in [1.82, 2.24) is 19.5 Å². The second kappa shape index (κ2) is 15.2. The maximum atomic E-state index is 6.47. The summed E-state index contributed by atoms with van der Waals surface area (Å²) in [5, 5.41) is 4.75. The van der Waals surface area contributed by atoms with Gasteiger partial charge >= 0.3 is 0 Å². The number of hydrogen-bond acceptors (Lipinski definition) is 4. The number of aryl methyl sites for hydroxylation is 2. The van der Waals surface area contributed by atoms with Crippen molar-refractivity contribution in [3.63, 3.8) is 0 Å². The third-order valence-corrected chi connectivity index (χ3v) is 11.4. The number of benzene rings is 7. The van der Waals surface area contributed by atoms with Crippen LogP contribution < -0.4 is 0 Å². The number of fused-ring (bicyclic) bond motifs is 6. The molecular weight excluding hydrogens is 709 g/mol. The Bertz CT molecular complexity index is 3070. The number of nitrogens with zero attached hydrogens (tertiary/aromatic N) is 4. The first-order valence-corrected chi connectivity index (χ1v) is 20.6. The Kier molecular flexibility index (Phi) is 9.34. The van der Waals surface area contributed by atoms with Crippen molar-refractivity contribution in [2.24, 2.45) is 0 Å². The highest BCUT2D eigenvalue weighted by Crippen LogP contribution is 2.41. The zero-order valence-electron chi connectivity index (χ0n) is 33.0. The van der Waals surface area contributed by atoms with Crippen LogP contribution in [0, 0.1) is 0 Å². The first kappa shape index (κ1) is 35.6. The first-order valence-electron chi connectivity index (χ1n) is 20.6. The van der Waals surface area contributed by atoms with Gasteiger partial charge in [-0.3, -0.25) is 0 Å². The minimum absolute atomic E-state index is 0.647. The largest absolute Gasteiger partial charge is 0.456 e. The van der Waals surface area contributed by atoms with Gasteiger partial charge in [-0.2, -0.15) is 0 Å². The summed E-state index contributed by atoms with van der Waals surface area (Å²) in [6.07, 6.45) is 6.74. The van der Waals surface area contributed by atoms with Gasteiger partial charge in [-0.25, -0.2) is 15.0 Å². The number of aromatic nitrogens is 4. The Labute approximate surface area is 338 Å². The molecule has 0 spiro atoms. The number of unbranched alkanes of at least 4 members (excludes halogenated alkanes) is 2. The third-order valence-electron chi connectivity index (χ3n) is 11.4. The van der Waals surface area contributed by atoms with E-state index in [9.17, 15) is 0 Å². The molecule has 0 bridgehead atoms. The summed E-state index contributed by atoms with van der Waals surface area (Å²) in [4.78, 5) is 15.1. The zero-order chi connectivity index (χ0) is 39.0. The number of hydrogen-bond donors (Lipinski definition) is 0. The molecule has 0 fully saturated rings. The van der Waals surface area contributed by atoms with Crippen LogP contribution in [0.15, 0.2) is 162 Å². The van der Waals surface area contributed by atoms with E-state index in [4.69, 9.17) is 19.4 Å². The first-order chi connectivity index (χ1) is 28.6. The summed E-state index contributed by atoms with van der Waals surface area (Å²) in [7, 11) is 0. The monoisotopic (exact) mass is 752 g/mol. The molecule has 3 aromatic heterocycles. The maximum absolute atomic E-state index is 6.47. The fraction of sp³-hybridized carbons (Fsp3) is 0.151. The fourth-order valence-corrected chi connectivity index (χ4v) is 8.39. The lowest BCUT2D eigenvalue weighted by atomic mass is 9.94. The van der Waals surface area contributed by atoms with E-state index in [0.29, 0.717) is 17.5 Å². The Morgan fingerprint density at radius 2 is 1.02 bits per heavy atom. The van der Waals surface area contributed by atoms with Crippen LogP contribution in [-0.2, 0) is 12.8 Å². The van der Waals surface area contributed by atoms with Gasteiger partial charge in [0.25, 0.3) is 0 Å². The minimum atomic E-state index is 0.647. The lowest BCUT2D eigenvalue weighted by molar-refractivity contribution is 0.667. The summed E-state index contributed by atoms with van der Waals surface area (Å²) in [6.45, 7) is 4.48. The molecule has 0 aliphatic rings. The molecule has 0 aliphatic heterocycles. The standard InChI is InChI=1S/C53H44N4O/c1-3-5-14-35-22-24-38(25-23-35)52-54-51(37-16-8-7-9-17-37)55-53(56-52)39-26-29-41(30-27-39)57-46-20-12-10-18-42(46)43-31-28-40(34-47(43)57)45-32-36(15-6-4-2)33-49-50(45)44-19-11-13-21-48(44)58-49/h7-13,16-34H,3-6,14-15H2,1-2H3. The molecular formula is C53H44N4O. The minimum Gasteiger partial charge on any atom is -0.456 e. The molecule has 282 valence electrons. The molecule has 0 radical (unpaired) electrons. The molecule has 0 saturated heterocycles. The van der Waals surface area contributed by atoms with Crippen molar-refractivity contribution in [3.8, 4) is 51.0 Å². The molecule has 5 nitrogen and oxygen atoms in total. The normalized spacial score (nSPS) is 11.7. The highest BCUT2D eigenvalue weighted by molar-refractivity contribution is 6.15. The Hall–Kier alpha value is -6.85. The Balaban J connectivity index is 1.09. The van der Waals surface area contributed by atoms with Crippen molar-refractivity contribution in [2.75, 3.05) is 0 Å². The molecule has 0 amide bonds. The molecule has 10 aromatic rings. The molecule has 0 N–H and O–H groups in total. The van der Waals surface area contributed by atoms with Gasteiger partial charge in [-0.1, -0.05) is 136 Å². The lowest BCUT2D eigenvalue weighted by Crippen LogP contribution is -2.01. The van der Waals surface area contributed by atoms with Crippen molar-refractivity contribution in [2.45, 2.75) is 52.4 Å². The van der Waals surface area contributed by atoms with Gasteiger partial charge in [0.1, 0.15) is 11.2 Å². The van der Waals surface area contributed by atoms with E-state index in [-0.39, 0.29) is 0 Å². The van der Waals surface area contributed by atoms with E-state index in [2.05, 4.69) is 152 Å². The van der Waals surface area contributed by atoms with Gasteiger partial charge in [-0.15, -0.1) is 0 Å². The molecule has 3 heterocycles. The molecule has 7 aromatic carbocycles. The van der Waals surface area contributed by atoms with Crippen molar-refractivity contribution in [1.29, 1.82) is 0 Å². The van der Waals surface area contributed by atoms with E-state index in [1.807, 2.05) is 24.3 Å². The van der Waals surface area contributed by atoms with Gasteiger partial charge in [-0.05, 0) is 96.5 Å². The maximum Gasteiger partial charge on any atom is 0.164 e. The summed E-state index contributed by atoms with van der Waals surface area (Å²) in [6, 6.07) is 56.2. The molecule has 0 saturated carbocycles. The van der Waals surface area contributed by atoms with Crippen LogP contribution in [0.4, 0.5) is 0 Å². The average Bonchev–Trinajstić information content (AvgIpc) is 3.83. The Morgan fingerprint density at radius 3 is 1.72 bits per heavy atom. The second-order valence-electron chi connectivity index (χ2n) is 15.3. The van der Waals surface area contributed by atoms with Crippen molar-refractivity contribution in [3.05, 3.63) is 169 Å². The Morgan fingerprint density at radius 1 is 0.448 bits per heavy atom. The van der Waals surface area contributed by atoms with E-state index in [0.717, 1.165) is 75.6 Å². The SMILES string of the molecule is CCCCc1ccc(-c2nc(-c3ccccc3)nc(-c3ccc(-n4c5ccccc5c5ccc(-c6cc(CCCC)cc7oc8ccccc8c67)cc54)cc3)n2)cc1. The summed E-state index contributed by atoms with van der Waals surface area (Å²) < 4.78 is 8.86. The lowest BCUT2D eigenvalue weighted by Gasteiger charge is -2.12. The van der Waals surface area contributed by atoms with Crippen LogP contribution in [0.25, 0.3) is 94.7 Å². The summed E-state index contributed by atoms with van der Waals surface area (Å²) in [5.74, 6) is 1.98.